The quantitative estimate of drug-likeness (QED) is 0.394. The highest BCUT2D eigenvalue weighted by molar-refractivity contribution is 5.74. The van der Waals surface area contributed by atoms with Crippen molar-refractivity contribution in [3.8, 4) is 5.75 Å². The van der Waals surface area contributed by atoms with Gasteiger partial charge < -0.3 is 19.7 Å². The molecule has 0 unspecified atom stereocenters. The predicted octanol–water partition coefficient (Wildman–Crippen LogP) is 2.05. The zero-order valence-electron chi connectivity index (χ0n) is 19.6. The highest BCUT2D eigenvalue weighted by Crippen LogP contribution is 2.18. The van der Waals surface area contributed by atoms with Crippen LogP contribution >= 0.6 is 0 Å². The number of hydrogen-bond donors (Lipinski definition) is 2. The summed E-state index contributed by atoms with van der Waals surface area (Å²) in [5, 5.41) is 14.0. The fraction of sp³-hybridized carbons (Fsp3) is 0.320. The van der Waals surface area contributed by atoms with Crippen molar-refractivity contribution in [2.24, 2.45) is 14.1 Å². The van der Waals surface area contributed by atoms with E-state index in [0.29, 0.717) is 18.2 Å². The second-order valence-electron chi connectivity index (χ2n) is 8.23. The van der Waals surface area contributed by atoms with Crippen molar-refractivity contribution >= 4 is 17.1 Å². The third-order valence-corrected chi connectivity index (χ3v) is 5.81. The molecule has 2 aromatic heterocycles. The lowest BCUT2D eigenvalue weighted by Crippen LogP contribution is -2.38. The van der Waals surface area contributed by atoms with Gasteiger partial charge in [-0.1, -0.05) is 49.4 Å². The molecular weight excluding hydrogens is 434 g/mol. The highest BCUT2D eigenvalue weighted by atomic mass is 16.5. The number of benzene rings is 2. The minimum Gasteiger partial charge on any atom is -0.491 e. The van der Waals surface area contributed by atoms with Gasteiger partial charge in [0.15, 0.2) is 11.2 Å². The number of anilines is 1. The number of aliphatic hydroxyl groups is 1. The van der Waals surface area contributed by atoms with Gasteiger partial charge in [-0.15, -0.1) is 0 Å². The second-order valence-corrected chi connectivity index (χ2v) is 8.23. The third kappa shape index (κ3) is 4.74. The number of aromatic nitrogens is 4. The standard InChI is InChI=1S/C25H29N5O4/c1-4-17-10-12-20(13-11-17)34-16-19(31)15-30-21-22(28(2)25(33)29(3)23(21)32)27-24(30)26-14-18-8-6-5-7-9-18/h5-13,19,31H,4,14-16H2,1-3H3,(H,26,27)/t19-/m0/s1. The molecule has 0 fully saturated rings. The average Bonchev–Trinajstić information content (AvgIpc) is 3.22. The maximum atomic E-state index is 13.0. The first-order chi connectivity index (χ1) is 16.4. The van der Waals surface area contributed by atoms with Gasteiger partial charge in [0.1, 0.15) is 18.5 Å². The fourth-order valence-electron chi connectivity index (χ4n) is 3.81. The smallest absolute Gasteiger partial charge is 0.332 e. The summed E-state index contributed by atoms with van der Waals surface area (Å²) in [6.07, 6.45) is 0.0229. The van der Waals surface area contributed by atoms with Crippen LogP contribution in [0.5, 0.6) is 5.75 Å². The number of rotatable bonds is 9. The van der Waals surface area contributed by atoms with E-state index in [-0.39, 0.29) is 24.3 Å². The number of hydrogen-bond acceptors (Lipinski definition) is 6. The monoisotopic (exact) mass is 463 g/mol. The molecule has 1 atom stereocenters. The van der Waals surface area contributed by atoms with E-state index in [4.69, 9.17) is 4.74 Å². The molecule has 178 valence electrons. The molecule has 4 rings (SSSR count). The van der Waals surface area contributed by atoms with Crippen LogP contribution in [0.15, 0.2) is 64.2 Å². The first-order valence-electron chi connectivity index (χ1n) is 11.2. The van der Waals surface area contributed by atoms with Gasteiger partial charge in [0, 0.05) is 20.6 Å². The van der Waals surface area contributed by atoms with Gasteiger partial charge in [0.2, 0.25) is 5.95 Å². The van der Waals surface area contributed by atoms with Crippen LogP contribution in [0.2, 0.25) is 0 Å². The van der Waals surface area contributed by atoms with Gasteiger partial charge in [-0.25, -0.2) is 4.79 Å². The molecule has 0 spiro atoms. The van der Waals surface area contributed by atoms with Crippen LogP contribution in [0.25, 0.3) is 11.2 Å². The van der Waals surface area contributed by atoms with E-state index in [1.807, 2.05) is 54.6 Å². The number of aliphatic hydroxyl groups excluding tert-OH is 1. The van der Waals surface area contributed by atoms with Crippen LogP contribution in [-0.2, 0) is 33.6 Å². The number of nitrogens with one attached hydrogen (secondary N) is 1. The second kappa shape index (κ2) is 9.96. The van der Waals surface area contributed by atoms with Gasteiger partial charge in [0.25, 0.3) is 5.56 Å². The van der Waals surface area contributed by atoms with Crippen LogP contribution in [-0.4, -0.2) is 36.5 Å². The SMILES string of the molecule is CCc1ccc(OC[C@@H](O)Cn2c(NCc3ccccc3)nc3c2c(=O)n(C)c(=O)n3C)cc1. The normalized spacial score (nSPS) is 12.1. The van der Waals surface area contributed by atoms with Gasteiger partial charge in [-0.3, -0.25) is 13.9 Å². The largest absolute Gasteiger partial charge is 0.491 e. The summed E-state index contributed by atoms with van der Waals surface area (Å²) < 4.78 is 9.74. The molecule has 34 heavy (non-hydrogen) atoms. The molecule has 0 bridgehead atoms. The van der Waals surface area contributed by atoms with Gasteiger partial charge in [-0.05, 0) is 29.7 Å². The molecule has 0 radical (unpaired) electrons. The molecule has 2 aromatic carbocycles. The molecule has 0 saturated carbocycles. The van der Waals surface area contributed by atoms with Gasteiger partial charge in [-0.2, -0.15) is 4.98 Å². The first-order valence-corrected chi connectivity index (χ1v) is 11.2. The van der Waals surface area contributed by atoms with E-state index < -0.39 is 17.4 Å². The first kappa shape index (κ1) is 23.3. The minimum absolute atomic E-state index is 0.0371. The lowest BCUT2D eigenvalue weighted by Gasteiger charge is -2.16. The summed E-state index contributed by atoms with van der Waals surface area (Å²) in [6.45, 7) is 2.65. The molecule has 4 aromatic rings. The molecule has 9 nitrogen and oxygen atoms in total. The third-order valence-electron chi connectivity index (χ3n) is 5.81. The van der Waals surface area contributed by atoms with Crippen LogP contribution in [0.4, 0.5) is 5.95 Å². The average molecular weight is 464 g/mol. The van der Waals surface area contributed by atoms with E-state index in [9.17, 15) is 14.7 Å². The Morgan fingerprint density at radius 3 is 2.38 bits per heavy atom. The van der Waals surface area contributed by atoms with Gasteiger partial charge in [0.05, 0.1) is 6.54 Å². The number of nitrogens with zero attached hydrogens (tertiary/aromatic N) is 4. The van der Waals surface area contributed by atoms with Crippen LogP contribution < -0.4 is 21.3 Å². The molecule has 2 heterocycles. The summed E-state index contributed by atoms with van der Waals surface area (Å²) in [5.41, 5.74) is 1.80. The zero-order chi connectivity index (χ0) is 24.2. The molecule has 0 amide bonds. The maximum Gasteiger partial charge on any atom is 0.332 e. The van der Waals surface area contributed by atoms with Crippen molar-refractivity contribution < 1.29 is 9.84 Å². The summed E-state index contributed by atoms with van der Waals surface area (Å²) in [7, 11) is 3.00. The van der Waals surface area contributed by atoms with E-state index in [2.05, 4.69) is 17.2 Å². The lowest BCUT2D eigenvalue weighted by atomic mass is 10.2. The van der Waals surface area contributed by atoms with Gasteiger partial charge >= 0.3 is 5.69 Å². The highest BCUT2D eigenvalue weighted by Gasteiger charge is 2.21. The zero-order valence-corrected chi connectivity index (χ0v) is 19.6. The summed E-state index contributed by atoms with van der Waals surface area (Å²) >= 11 is 0. The van der Waals surface area contributed by atoms with Crippen LogP contribution in [0.3, 0.4) is 0 Å². The summed E-state index contributed by atoms with van der Waals surface area (Å²) in [4.78, 5) is 29.9. The minimum atomic E-state index is -0.914. The van der Waals surface area contributed by atoms with E-state index in [0.717, 1.165) is 16.6 Å². The lowest BCUT2D eigenvalue weighted by molar-refractivity contribution is 0.0938. The van der Waals surface area contributed by atoms with Crippen molar-refractivity contribution in [2.45, 2.75) is 32.5 Å². The molecule has 0 aliphatic rings. The Labute approximate surface area is 196 Å². The van der Waals surface area contributed by atoms with Crippen molar-refractivity contribution in [2.75, 3.05) is 11.9 Å². The van der Waals surface area contributed by atoms with Crippen LogP contribution in [0, 0.1) is 0 Å². The fourth-order valence-corrected chi connectivity index (χ4v) is 3.81. The molecule has 0 saturated heterocycles. The Bertz CT molecular complexity index is 1390. The van der Waals surface area contributed by atoms with Crippen molar-refractivity contribution in [3.05, 3.63) is 86.6 Å². The Morgan fingerprint density at radius 1 is 1.00 bits per heavy atom. The predicted molar refractivity (Wildman–Crippen MR) is 131 cm³/mol. The number of imidazole rings is 1. The molecular formula is C25H29N5O4. The molecule has 0 aliphatic carbocycles. The number of ether oxygens (including phenoxy) is 1. The number of fused-ring (bicyclic) bond motifs is 1. The van der Waals surface area contributed by atoms with E-state index in [1.54, 1.807) is 11.6 Å². The molecule has 9 heteroatoms. The number of aryl methyl sites for hydroxylation is 2. The maximum absolute atomic E-state index is 13.0. The Kier molecular flexibility index (Phi) is 6.83. The van der Waals surface area contributed by atoms with Crippen molar-refractivity contribution in [1.82, 2.24) is 18.7 Å². The molecule has 0 aliphatic heterocycles. The van der Waals surface area contributed by atoms with Crippen molar-refractivity contribution in [1.29, 1.82) is 0 Å². The van der Waals surface area contributed by atoms with Crippen molar-refractivity contribution in [3.63, 3.8) is 0 Å². The molecule has 2 N–H and O–H groups in total. The van der Waals surface area contributed by atoms with Crippen LogP contribution in [0.1, 0.15) is 18.1 Å². The van der Waals surface area contributed by atoms with E-state index in [1.165, 1.54) is 17.2 Å². The topological polar surface area (TPSA) is 103 Å². The Hall–Kier alpha value is -3.85. The Morgan fingerprint density at radius 2 is 1.71 bits per heavy atom. The summed E-state index contributed by atoms with van der Waals surface area (Å²) in [6, 6.07) is 17.5. The van der Waals surface area contributed by atoms with E-state index >= 15 is 0 Å². The Balaban J connectivity index is 1.62. The summed E-state index contributed by atoms with van der Waals surface area (Å²) in [5.74, 6) is 1.05.